The van der Waals surface area contributed by atoms with Gasteiger partial charge in [-0.2, -0.15) is 0 Å². The van der Waals surface area contributed by atoms with Crippen LogP contribution >= 0.6 is 0 Å². The first-order chi connectivity index (χ1) is 12.1. The summed E-state index contributed by atoms with van der Waals surface area (Å²) in [5.41, 5.74) is 3.02. The highest BCUT2D eigenvalue weighted by atomic mass is 16.6. The Bertz CT molecular complexity index is 803. The molecule has 1 aliphatic rings. The van der Waals surface area contributed by atoms with E-state index < -0.39 is 6.09 Å². The van der Waals surface area contributed by atoms with E-state index >= 15 is 0 Å². The standard InChI is InChI=1S/C19H19N3O3/c1-14-7-5-6-10-16(14)11-20-18-21-17(23)12-22(18)19(24)25-13-15-8-3-2-4-9-15/h2-10H,11-13H2,1H3,(H,20,21,23). The number of aryl methyl sites for hydroxylation is 1. The molecule has 1 N–H and O–H groups in total. The minimum Gasteiger partial charge on any atom is -0.444 e. The van der Waals surface area contributed by atoms with Crippen LogP contribution < -0.4 is 5.32 Å². The number of nitrogens with zero attached hydrogens (tertiary/aromatic N) is 2. The fraction of sp³-hybridized carbons (Fsp3) is 0.211. The SMILES string of the molecule is Cc1ccccc1CN=C1NC(=O)CN1C(=O)OCc1ccccc1. The van der Waals surface area contributed by atoms with Crippen molar-refractivity contribution in [1.29, 1.82) is 0 Å². The maximum Gasteiger partial charge on any atom is 0.417 e. The molecule has 0 radical (unpaired) electrons. The predicted octanol–water partition coefficient (Wildman–Crippen LogP) is 2.62. The number of hydrogen-bond donors (Lipinski definition) is 1. The second-order valence-corrected chi connectivity index (χ2v) is 5.74. The van der Waals surface area contributed by atoms with Gasteiger partial charge in [-0.25, -0.2) is 14.7 Å². The van der Waals surface area contributed by atoms with Crippen molar-refractivity contribution in [2.75, 3.05) is 6.54 Å². The molecule has 0 aliphatic carbocycles. The van der Waals surface area contributed by atoms with Gasteiger partial charge in [0.2, 0.25) is 11.9 Å². The quantitative estimate of drug-likeness (QED) is 0.932. The minimum atomic E-state index is -0.592. The Hall–Kier alpha value is -3.15. The average Bonchev–Trinajstić information content (AvgIpc) is 3.01. The van der Waals surface area contributed by atoms with Gasteiger partial charge in [-0.1, -0.05) is 54.6 Å². The molecule has 128 valence electrons. The second kappa shape index (κ2) is 7.61. The third-order valence-electron chi connectivity index (χ3n) is 3.89. The minimum absolute atomic E-state index is 0.0831. The number of guanidine groups is 1. The molecule has 0 bridgehead atoms. The van der Waals surface area contributed by atoms with Crippen molar-refractivity contribution >= 4 is 18.0 Å². The highest BCUT2D eigenvalue weighted by Crippen LogP contribution is 2.11. The lowest BCUT2D eigenvalue weighted by atomic mass is 10.1. The fourth-order valence-electron chi connectivity index (χ4n) is 2.47. The number of hydrogen-bond acceptors (Lipinski definition) is 4. The molecule has 2 amide bonds. The van der Waals surface area contributed by atoms with E-state index in [1.54, 1.807) is 0 Å². The van der Waals surface area contributed by atoms with Gasteiger partial charge < -0.3 is 4.74 Å². The Labute approximate surface area is 146 Å². The highest BCUT2D eigenvalue weighted by molar-refractivity contribution is 6.10. The molecule has 1 fully saturated rings. The van der Waals surface area contributed by atoms with Crippen LogP contribution in [0.15, 0.2) is 59.6 Å². The second-order valence-electron chi connectivity index (χ2n) is 5.74. The fourth-order valence-corrected chi connectivity index (χ4v) is 2.47. The van der Waals surface area contributed by atoms with E-state index in [1.807, 2.05) is 61.5 Å². The summed E-state index contributed by atoms with van der Waals surface area (Å²) in [7, 11) is 0. The van der Waals surface area contributed by atoms with Crippen molar-refractivity contribution in [1.82, 2.24) is 10.2 Å². The summed E-state index contributed by atoms with van der Waals surface area (Å²) >= 11 is 0. The van der Waals surface area contributed by atoms with Crippen molar-refractivity contribution < 1.29 is 14.3 Å². The Morgan fingerprint density at radius 3 is 2.64 bits per heavy atom. The highest BCUT2D eigenvalue weighted by Gasteiger charge is 2.31. The molecule has 0 unspecified atom stereocenters. The summed E-state index contributed by atoms with van der Waals surface area (Å²) in [5.74, 6) is -0.0495. The normalized spacial score (nSPS) is 15.3. The smallest absolute Gasteiger partial charge is 0.417 e. The molecule has 2 aromatic rings. The summed E-state index contributed by atoms with van der Waals surface area (Å²) in [4.78, 5) is 29.6. The van der Waals surface area contributed by atoms with E-state index in [0.717, 1.165) is 16.7 Å². The Morgan fingerprint density at radius 2 is 1.88 bits per heavy atom. The zero-order chi connectivity index (χ0) is 17.6. The molecule has 6 heteroatoms. The molecule has 1 heterocycles. The molecule has 6 nitrogen and oxygen atoms in total. The molecular formula is C19H19N3O3. The van der Waals surface area contributed by atoms with E-state index in [4.69, 9.17) is 4.74 Å². The van der Waals surface area contributed by atoms with Gasteiger partial charge in [-0.05, 0) is 23.6 Å². The molecule has 1 saturated heterocycles. The third-order valence-corrected chi connectivity index (χ3v) is 3.89. The molecule has 0 spiro atoms. The van der Waals surface area contributed by atoms with Gasteiger partial charge in [0.1, 0.15) is 13.2 Å². The topological polar surface area (TPSA) is 71.0 Å². The van der Waals surface area contributed by atoms with Crippen LogP contribution in [0.25, 0.3) is 0 Å². The van der Waals surface area contributed by atoms with Crippen LogP contribution in [0.1, 0.15) is 16.7 Å². The van der Waals surface area contributed by atoms with E-state index in [9.17, 15) is 9.59 Å². The predicted molar refractivity (Wildman–Crippen MR) is 93.8 cm³/mol. The van der Waals surface area contributed by atoms with E-state index in [2.05, 4.69) is 10.3 Å². The lowest BCUT2D eigenvalue weighted by molar-refractivity contribution is -0.118. The molecule has 1 aliphatic heterocycles. The zero-order valence-electron chi connectivity index (χ0n) is 13.9. The first-order valence-corrected chi connectivity index (χ1v) is 8.00. The van der Waals surface area contributed by atoms with Crippen molar-refractivity contribution in [3.63, 3.8) is 0 Å². The van der Waals surface area contributed by atoms with Crippen LogP contribution in [0.2, 0.25) is 0 Å². The molecule has 0 aromatic heterocycles. The number of nitrogens with one attached hydrogen (secondary N) is 1. The van der Waals surface area contributed by atoms with Crippen molar-refractivity contribution in [3.8, 4) is 0 Å². The molecule has 2 aromatic carbocycles. The number of benzene rings is 2. The summed E-state index contributed by atoms with van der Waals surface area (Å²) in [6, 6.07) is 17.2. The number of carbonyl (C=O) groups is 2. The number of aliphatic imine (C=N–C) groups is 1. The summed E-state index contributed by atoms with van der Waals surface area (Å²) < 4.78 is 5.28. The van der Waals surface area contributed by atoms with Gasteiger partial charge in [-0.15, -0.1) is 0 Å². The third kappa shape index (κ3) is 4.23. The Kier molecular flexibility index (Phi) is 5.09. The molecule has 25 heavy (non-hydrogen) atoms. The lowest BCUT2D eigenvalue weighted by Crippen LogP contribution is -2.36. The largest absolute Gasteiger partial charge is 0.444 e. The molecular weight excluding hydrogens is 318 g/mol. The summed E-state index contributed by atoms with van der Waals surface area (Å²) in [6.45, 7) is 2.44. The first-order valence-electron chi connectivity index (χ1n) is 8.00. The van der Waals surface area contributed by atoms with Crippen LogP contribution in [0.5, 0.6) is 0 Å². The van der Waals surface area contributed by atoms with Crippen molar-refractivity contribution in [3.05, 3.63) is 71.3 Å². The zero-order valence-corrected chi connectivity index (χ0v) is 13.9. The van der Waals surface area contributed by atoms with Crippen LogP contribution in [0, 0.1) is 6.92 Å². The maximum atomic E-state index is 12.3. The van der Waals surface area contributed by atoms with Gasteiger partial charge >= 0.3 is 6.09 Å². The van der Waals surface area contributed by atoms with Gasteiger partial charge in [-0.3, -0.25) is 10.1 Å². The molecule has 0 atom stereocenters. The maximum absolute atomic E-state index is 12.3. The van der Waals surface area contributed by atoms with Gasteiger partial charge in [0.25, 0.3) is 0 Å². The van der Waals surface area contributed by atoms with E-state index in [-0.39, 0.29) is 25.0 Å². The number of amides is 2. The van der Waals surface area contributed by atoms with E-state index in [0.29, 0.717) is 6.54 Å². The summed E-state index contributed by atoms with van der Waals surface area (Å²) in [5, 5.41) is 2.61. The average molecular weight is 337 g/mol. The lowest BCUT2D eigenvalue weighted by Gasteiger charge is -2.15. The van der Waals surface area contributed by atoms with Gasteiger partial charge in [0.15, 0.2) is 0 Å². The Balaban J connectivity index is 1.66. The Morgan fingerprint density at radius 1 is 1.16 bits per heavy atom. The van der Waals surface area contributed by atoms with Crippen LogP contribution in [0.4, 0.5) is 4.79 Å². The van der Waals surface area contributed by atoms with Gasteiger partial charge in [0.05, 0.1) is 6.54 Å². The van der Waals surface area contributed by atoms with Crippen LogP contribution in [0.3, 0.4) is 0 Å². The first kappa shape index (κ1) is 16.7. The number of rotatable bonds is 4. The molecule has 0 saturated carbocycles. The molecule has 3 rings (SSSR count). The van der Waals surface area contributed by atoms with Crippen molar-refractivity contribution in [2.24, 2.45) is 4.99 Å². The number of carbonyl (C=O) groups excluding carboxylic acids is 2. The van der Waals surface area contributed by atoms with Crippen molar-refractivity contribution in [2.45, 2.75) is 20.1 Å². The monoisotopic (exact) mass is 337 g/mol. The van der Waals surface area contributed by atoms with E-state index in [1.165, 1.54) is 4.90 Å². The van der Waals surface area contributed by atoms with Crippen LogP contribution in [-0.2, 0) is 22.7 Å². The van der Waals surface area contributed by atoms with Crippen LogP contribution in [-0.4, -0.2) is 29.4 Å². The number of ether oxygens (including phenoxy) is 1. The van der Waals surface area contributed by atoms with Gasteiger partial charge in [0, 0.05) is 0 Å². The summed E-state index contributed by atoms with van der Waals surface area (Å²) in [6.07, 6.45) is -0.592.